The molecule has 0 radical (unpaired) electrons. The highest BCUT2D eigenvalue weighted by Crippen LogP contribution is 2.17. The first-order valence-electron chi connectivity index (χ1n) is 5.13. The topological polar surface area (TPSA) is 67.2 Å². The van der Waals surface area contributed by atoms with Gasteiger partial charge in [0.1, 0.15) is 5.75 Å². The van der Waals surface area contributed by atoms with Crippen LogP contribution in [0.25, 0.3) is 11.0 Å². The molecular weight excluding hydrogens is 208 g/mol. The summed E-state index contributed by atoms with van der Waals surface area (Å²) in [4.78, 5) is 14.4. The molecule has 2 rings (SSSR count). The van der Waals surface area contributed by atoms with Crippen molar-refractivity contribution < 1.29 is 9.84 Å². The van der Waals surface area contributed by atoms with Crippen LogP contribution in [0.1, 0.15) is 6.42 Å². The monoisotopic (exact) mass is 222 g/mol. The molecule has 0 unspecified atom stereocenters. The zero-order chi connectivity index (χ0) is 11.5. The molecule has 0 fully saturated rings. The second-order valence-electron chi connectivity index (χ2n) is 3.63. The van der Waals surface area contributed by atoms with Gasteiger partial charge in [0.2, 0.25) is 0 Å². The highest BCUT2D eigenvalue weighted by molar-refractivity contribution is 5.76. The van der Waals surface area contributed by atoms with Gasteiger partial charge >= 0.3 is 5.69 Å². The number of hydrogen-bond acceptors (Lipinski definition) is 3. The predicted octanol–water partition coefficient (Wildman–Crippen LogP) is 1.07. The van der Waals surface area contributed by atoms with Gasteiger partial charge in [-0.25, -0.2) is 4.79 Å². The smallest absolute Gasteiger partial charge is 0.326 e. The predicted molar refractivity (Wildman–Crippen MR) is 60.7 cm³/mol. The minimum absolute atomic E-state index is 0.156. The maximum absolute atomic E-state index is 11.6. The van der Waals surface area contributed by atoms with Crippen LogP contribution in [-0.2, 0) is 11.3 Å². The maximum atomic E-state index is 11.6. The third-order valence-corrected chi connectivity index (χ3v) is 2.49. The van der Waals surface area contributed by atoms with Gasteiger partial charge in [0.25, 0.3) is 0 Å². The number of rotatable bonds is 4. The number of ether oxygens (including phenoxy) is 1. The number of aromatic nitrogens is 2. The van der Waals surface area contributed by atoms with Crippen LogP contribution in [0.15, 0.2) is 23.0 Å². The average molecular weight is 222 g/mol. The minimum Gasteiger partial charge on any atom is -0.508 e. The largest absolute Gasteiger partial charge is 0.508 e. The molecule has 0 bridgehead atoms. The SMILES string of the molecule is COCCCn1c(=O)[nH]c2ccc(O)cc21. The van der Waals surface area contributed by atoms with E-state index >= 15 is 0 Å². The molecule has 5 nitrogen and oxygen atoms in total. The molecule has 0 atom stereocenters. The molecule has 0 saturated carbocycles. The molecule has 2 N–H and O–H groups in total. The lowest BCUT2D eigenvalue weighted by molar-refractivity contribution is 0.190. The number of nitrogens with one attached hydrogen (secondary N) is 1. The van der Waals surface area contributed by atoms with Crippen molar-refractivity contribution in [1.82, 2.24) is 9.55 Å². The summed E-state index contributed by atoms with van der Waals surface area (Å²) in [6, 6.07) is 4.83. The summed E-state index contributed by atoms with van der Waals surface area (Å²) >= 11 is 0. The summed E-state index contributed by atoms with van der Waals surface area (Å²) < 4.78 is 6.55. The molecule has 0 spiro atoms. The van der Waals surface area contributed by atoms with Crippen molar-refractivity contribution in [3.63, 3.8) is 0 Å². The first kappa shape index (κ1) is 10.8. The first-order valence-corrected chi connectivity index (χ1v) is 5.13. The van der Waals surface area contributed by atoms with Crippen molar-refractivity contribution in [2.24, 2.45) is 0 Å². The Hall–Kier alpha value is -1.75. The molecule has 0 aliphatic heterocycles. The fourth-order valence-corrected chi connectivity index (χ4v) is 1.73. The summed E-state index contributed by atoms with van der Waals surface area (Å²) in [5, 5.41) is 9.38. The number of fused-ring (bicyclic) bond motifs is 1. The standard InChI is InChI=1S/C11H14N2O3/c1-16-6-2-5-13-10-7-8(14)3-4-9(10)12-11(13)15/h3-4,7,14H,2,5-6H2,1H3,(H,12,15). The number of aromatic amines is 1. The Morgan fingerprint density at radius 2 is 2.31 bits per heavy atom. The Bertz CT molecular complexity index is 542. The Labute approximate surface area is 92.3 Å². The van der Waals surface area contributed by atoms with Gasteiger partial charge in [-0.2, -0.15) is 0 Å². The van der Waals surface area contributed by atoms with Gasteiger partial charge < -0.3 is 14.8 Å². The van der Waals surface area contributed by atoms with Crippen molar-refractivity contribution in [1.29, 1.82) is 0 Å². The minimum atomic E-state index is -0.156. The lowest BCUT2D eigenvalue weighted by Crippen LogP contribution is -2.17. The molecule has 0 saturated heterocycles. The van der Waals surface area contributed by atoms with Gasteiger partial charge in [-0.05, 0) is 18.6 Å². The lowest BCUT2D eigenvalue weighted by atomic mass is 10.3. The van der Waals surface area contributed by atoms with Crippen molar-refractivity contribution in [3.05, 3.63) is 28.7 Å². The molecule has 5 heteroatoms. The van der Waals surface area contributed by atoms with E-state index in [2.05, 4.69) is 4.98 Å². The zero-order valence-electron chi connectivity index (χ0n) is 9.06. The van der Waals surface area contributed by atoms with Crippen LogP contribution in [-0.4, -0.2) is 28.4 Å². The molecule has 1 aromatic heterocycles. The molecule has 0 amide bonds. The highest BCUT2D eigenvalue weighted by atomic mass is 16.5. The third kappa shape index (κ3) is 1.94. The fourth-order valence-electron chi connectivity index (χ4n) is 1.73. The summed E-state index contributed by atoms with van der Waals surface area (Å²) in [6.07, 6.45) is 0.763. The molecule has 0 aliphatic rings. The zero-order valence-corrected chi connectivity index (χ0v) is 9.06. The van der Waals surface area contributed by atoms with Crippen molar-refractivity contribution in [3.8, 4) is 5.75 Å². The van der Waals surface area contributed by atoms with Gasteiger partial charge in [0.05, 0.1) is 11.0 Å². The number of aromatic hydroxyl groups is 1. The Balaban J connectivity index is 2.38. The summed E-state index contributed by atoms with van der Waals surface area (Å²) in [5.74, 6) is 0.159. The number of nitrogens with zero attached hydrogens (tertiary/aromatic N) is 1. The second kappa shape index (κ2) is 4.40. The number of hydrogen-bond donors (Lipinski definition) is 2. The maximum Gasteiger partial charge on any atom is 0.326 e. The number of aryl methyl sites for hydroxylation is 1. The Morgan fingerprint density at radius 3 is 3.06 bits per heavy atom. The fraction of sp³-hybridized carbons (Fsp3) is 0.364. The van der Waals surface area contributed by atoms with Crippen LogP contribution >= 0.6 is 0 Å². The molecule has 1 heterocycles. The number of methoxy groups -OCH3 is 1. The molecular formula is C11H14N2O3. The number of phenols is 1. The molecule has 0 aliphatic carbocycles. The summed E-state index contributed by atoms with van der Waals surface area (Å²) in [5.41, 5.74) is 1.30. The highest BCUT2D eigenvalue weighted by Gasteiger charge is 2.06. The van der Waals surface area contributed by atoms with E-state index in [4.69, 9.17) is 4.74 Å². The molecule has 16 heavy (non-hydrogen) atoms. The molecule has 86 valence electrons. The average Bonchev–Trinajstić information content (AvgIpc) is 2.56. The van der Waals surface area contributed by atoms with Crippen molar-refractivity contribution >= 4 is 11.0 Å². The number of phenolic OH excluding ortho intramolecular Hbond substituents is 1. The molecule has 2 aromatic rings. The number of imidazole rings is 1. The third-order valence-electron chi connectivity index (χ3n) is 2.49. The number of H-pyrrole nitrogens is 1. The van der Waals surface area contributed by atoms with Crippen LogP contribution in [0.5, 0.6) is 5.75 Å². The van der Waals surface area contributed by atoms with Crippen LogP contribution in [0.2, 0.25) is 0 Å². The quantitative estimate of drug-likeness (QED) is 0.760. The Morgan fingerprint density at radius 1 is 1.50 bits per heavy atom. The van der Waals surface area contributed by atoms with Crippen LogP contribution < -0.4 is 5.69 Å². The van der Waals surface area contributed by atoms with Gasteiger partial charge in [0, 0.05) is 26.3 Å². The van der Waals surface area contributed by atoms with Crippen molar-refractivity contribution in [2.75, 3.05) is 13.7 Å². The van der Waals surface area contributed by atoms with E-state index < -0.39 is 0 Å². The van der Waals surface area contributed by atoms with Crippen LogP contribution in [0, 0.1) is 0 Å². The van der Waals surface area contributed by atoms with E-state index in [0.717, 1.165) is 17.5 Å². The Kier molecular flexibility index (Phi) is 2.96. The normalized spacial score (nSPS) is 11.1. The summed E-state index contributed by atoms with van der Waals surface area (Å²) in [7, 11) is 1.63. The van der Waals surface area contributed by atoms with Gasteiger partial charge in [-0.15, -0.1) is 0 Å². The van der Waals surface area contributed by atoms with Gasteiger partial charge in [-0.1, -0.05) is 0 Å². The van der Waals surface area contributed by atoms with E-state index in [1.165, 1.54) is 0 Å². The van der Waals surface area contributed by atoms with Crippen LogP contribution in [0.3, 0.4) is 0 Å². The molecule has 1 aromatic carbocycles. The first-order chi connectivity index (χ1) is 7.72. The summed E-state index contributed by atoms with van der Waals surface area (Å²) in [6.45, 7) is 1.19. The van der Waals surface area contributed by atoms with Crippen molar-refractivity contribution in [2.45, 2.75) is 13.0 Å². The van der Waals surface area contributed by atoms with Crippen LogP contribution in [0.4, 0.5) is 0 Å². The number of benzene rings is 1. The second-order valence-corrected chi connectivity index (χ2v) is 3.63. The van der Waals surface area contributed by atoms with E-state index in [1.807, 2.05) is 0 Å². The van der Waals surface area contributed by atoms with E-state index in [0.29, 0.717) is 13.2 Å². The van der Waals surface area contributed by atoms with E-state index in [9.17, 15) is 9.90 Å². The lowest BCUT2D eigenvalue weighted by Gasteiger charge is -2.02. The van der Waals surface area contributed by atoms with E-state index in [1.54, 1.807) is 29.9 Å². The van der Waals surface area contributed by atoms with E-state index in [-0.39, 0.29) is 11.4 Å². The van der Waals surface area contributed by atoms with Gasteiger partial charge in [0.15, 0.2) is 0 Å². The van der Waals surface area contributed by atoms with Gasteiger partial charge in [-0.3, -0.25) is 4.57 Å².